The molecule has 1 amide bonds. The Hall–Kier alpha value is -2.40. The van der Waals surface area contributed by atoms with Crippen LogP contribution in [-0.2, 0) is 27.9 Å². The fourth-order valence-electron chi connectivity index (χ4n) is 4.48. The molecular formula is C28H42N4O5S. The number of fused-ring (bicyclic) bond motifs is 1. The fourth-order valence-corrected chi connectivity index (χ4v) is 5.92. The van der Waals surface area contributed by atoms with Gasteiger partial charge >= 0.3 is 0 Å². The summed E-state index contributed by atoms with van der Waals surface area (Å²) >= 11 is 0. The number of hydrogen-bond donors (Lipinski definition) is 3. The van der Waals surface area contributed by atoms with Crippen LogP contribution in [0.25, 0.3) is 11.0 Å². The first kappa shape index (κ1) is 28.6. The van der Waals surface area contributed by atoms with Crippen LogP contribution >= 0.6 is 10.6 Å². The second-order valence-corrected chi connectivity index (χ2v) is 15.5. The number of amides is 1. The number of ether oxygens (including phenoxy) is 1. The van der Waals surface area contributed by atoms with E-state index in [1.165, 1.54) is 26.7 Å². The Morgan fingerprint density at radius 1 is 1.16 bits per heavy atom. The lowest BCUT2D eigenvalue weighted by Crippen LogP contribution is -2.41. The van der Waals surface area contributed by atoms with Crippen molar-refractivity contribution in [3.05, 3.63) is 35.9 Å². The van der Waals surface area contributed by atoms with Crippen molar-refractivity contribution in [2.75, 3.05) is 19.0 Å². The molecule has 2 heterocycles. The summed E-state index contributed by atoms with van der Waals surface area (Å²) in [4.78, 5) is 18.5. The molecule has 9 nitrogen and oxygen atoms in total. The number of aromatic nitrogens is 3. The molecule has 0 bridgehead atoms. The molecule has 3 aromatic rings. The van der Waals surface area contributed by atoms with Crippen molar-refractivity contribution < 1.29 is 23.2 Å². The number of carbonyl (C=O) groups is 1. The first-order valence-corrected chi connectivity index (χ1v) is 14.6. The first-order chi connectivity index (χ1) is 17.5. The largest absolute Gasteiger partial charge is 0.384 e. The van der Waals surface area contributed by atoms with Crippen molar-refractivity contribution in [1.29, 1.82) is 0 Å². The zero-order chi connectivity index (χ0) is 28.1. The van der Waals surface area contributed by atoms with E-state index in [9.17, 15) is 13.9 Å². The maximum atomic E-state index is 13.3. The van der Waals surface area contributed by atoms with Gasteiger partial charge in [0.25, 0.3) is 5.91 Å². The molecule has 0 unspecified atom stereocenters. The van der Waals surface area contributed by atoms with Crippen molar-refractivity contribution >= 4 is 33.3 Å². The molecule has 1 saturated carbocycles. The van der Waals surface area contributed by atoms with E-state index in [-0.39, 0.29) is 16.1 Å². The molecular weight excluding hydrogens is 504 g/mol. The summed E-state index contributed by atoms with van der Waals surface area (Å²) in [5, 5.41) is 6.65. The Balaban J connectivity index is 1.61. The number of rotatable bonds is 10. The van der Waals surface area contributed by atoms with Crippen LogP contribution in [0, 0.1) is 11.3 Å². The van der Waals surface area contributed by atoms with Crippen LogP contribution in [0.3, 0.4) is 0 Å². The van der Waals surface area contributed by atoms with E-state index in [0.29, 0.717) is 23.8 Å². The minimum atomic E-state index is -3.57. The summed E-state index contributed by atoms with van der Waals surface area (Å²) in [5.74, 6) is 1.86. The number of anilines is 1. The van der Waals surface area contributed by atoms with E-state index in [1.807, 2.05) is 19.9 Å². The molecule has 0 radical (unpaired) electrons. The van der Waals surface area contributed by atoms with E-state index >= 15 is 0 Å². The van der Waals surface area contributed by atoms with E-state index in [0.717, 1.165) is 24.3 Å². The molecule has 1 aromatic carbocycles. The van der Waals surface area contributed by atoms with Gasteiger partial charge in [-0.2, -0.15) is 10.6 Å². The first-order valence-electron chi connectivity index (χ1n) is 13.1. The molecule has 38 heavy (non-hydrogen) atoms. The average Bonchev–Trinajstić information content (AvgIpc) is 3.39. The molecule has 0 atom stereocenters. The number of imidazole rings is 1. The van der Waals surface area contributed by atoms with Crippen LogP contribution in [0.4, 0.5) is 5.82 Å². The smallest absolute Gasteiger partial charge is 0.250 e. The Morgan fingerprint density at radius 3 is 2.45 bits per heavy atom. The fraction of sp³-hybridized carbons (Fsp3) is 0.607. The van der Waals surface area contributed by atoms with Gasteiger partial charge in [0, 0.05) is 31.6 Å². The number of nitrogens with zero attached hydrogens (tertiary/aromatic N) is 3. The van der Waals surface area contributed by atoms with E-state index in [1.54, 1.807) is 25.3 Å². The van der Waals surface area contributed by atoms with Crippen molar-refractivity contribution in [1.82, 2.24) is 14.7 Å². The monoisotopic (exact) mass is 546 g/mol. The Labute approximate surface area is 226 Å². The van der Waals surface area contributed by atoms with Crippen LogP contribution < -0.4 is 5.32 Å². The van der Waals surface area contributed by atoms with Crippen molar-refractivity contribution in [3.8, 4) is 0 Å². The number of carbonyl (C=O) groups excluding carboxylic acids is 1. The van der Waals surface area contributed by atoms with Crippen LogP contribution in [0.5, 0.6) is 0 Å². The van der Waals surface area contributed by atoms with Crippen molar-refractivity contribution in [3.63, 3.8) is 0 Å². The summed E-state index contributed by atoms with van der Waals surface area (Å²) in [6.07, 6.45) is 3.27. The molecule has 0 saturated heterocycles. The summed E-state index contributed by atoms with van der Waals surface area (Å²) < 4.78 is 34.2. The molecule has 0 spiro atoms. The van der Waals surface area contributed by atoms with Gasteiger partial charge in [-0.15, -0.1) is 0 Å². The lowest BCUT2D eigenvalue weighted by Gasteiger charge is -2.45. The van der Waals surface area contributed by atoms with E-state index in [2.05, 4.69) is 35.8 Å². The van der Waals surface area contributed by atoms with Crippen LogP contribution in [0.1, 0.15) is 72.9 Å². The minimum Gasteiger partial charge on any atom is -0.384 e. The van der Waals surface area contributed by atoms with Gasteiger partial charge in [-0.25, -0.2) is 4.98 Å². The lowest BCUT2D eigenvalue weighted by atomic mass is 9.91. The third kappa shape index (κ3) is 5.78. The molecule has 4 rings (SSSR count). The van der Waals surface area contributed by atoms with Gasteiger partial charge in [0.2, 0.25) is 0 Å². The SMILES string of the molecule is COCC(C)(C)c1cc(NC(=O)C(C)(C)S(O)(O)c2ccc3c(c2)nc(CC(C)(C)C)n3CC2CC2)no1. The number of methoxy groups -OCH3 is 1. The highest BCUT2D eigenvalue weighted by Crippen LogP contribution is 2.59. The molecule has 1 aliphatic rings. The van der Waals surface area contributed by atoms with Crippen LogP contribution in [-0.4, -0.2) is 48.2 Å². The highest BCUT2D eigenvalue weighted by atomic mass is 32.3. The third-order valence-corrected chi connectivity index (χ3v) is 9.66. The Kier molecular flexibility index (Phi) is 7.50. The summed E-state index contributed by atoms with van der Waals surface area (Å²) in [6, 6.07) is 6.96. The Morgan fingerprint density at radius 2 is 1.84 bits per heavy atom. The van der Waals surface area contributed by atoms with Gasteiger partial charge < -0.3 is 19.1 Å². The normalized spacial score (nSPS) is 15.7. The van der Waals surface area contributed by atoms with Gasteiger partial charge in [-0.05, 0) is 56.2 Å². The zero-order valence-electron chi connectivity index (χ0n) is 23.8. The molecule has 210 valence electrons. The summed E-state index contributed by atoms with van der Waals surface area (Å²) in [5.41, 5.74) is 1.31. The second-order valence-electron chi connectivity index (χ2n) is 12.9. The predicted octanol–water partition coefficient (Wildman–Crippen LogP) is 6.47. The van der Waals surface area contributed by atoms with Gasteiger partial charge in [0.1, 0.15) is 16.3 Å². The standard InChI is InChI=1S/C28H42N4O5S/c1-26(2,3)15-24-29-20-13-19(11-12-21(20)32(24)16-18-9-10-18)38(34,35)28(6,7)25(33)30-23-14-22(37-31-23)27(4,5)17-36-8/h11-14,18,34-35H,9-10,15-17H2,1-8H3,(H,30,31,33). The van der Waals surface area contributed by atoms with Crippen molar-refractivity contribution in [2.24, 2.45) is 11.3 Å². The number of benzene rings is 1. The van der Waals surface area contributed by atoms with Gasteiger partial charge in [0.15, 0.2) is 5.82 Å². The summed E-state index contributed by atoms with van der Waals surface area (Å²) in [7, 11) is -1.96. The summed E-state index contributed by atoms with van der Waals surface area (Å²) in [6.45, 7) is 14.8. The van der Waals surface area contributed by atoms with Gasteiger partial charge in [0.05, 0.1) is 22.5 Å². The second kappa shape index (κ2) is 9.97. The predicted molar refractivity (Wildman–Crippen MR) is 151 cm³/mol. The molecule has 3 N–H and O–H groups in total. The third-order valence-electron chi connectivity index (χ3n) is 7.14. The molecule has 1 fully saturated rings. The van der Waals surface area contributed by atoms with E-state index < -0.39 is 26.7 Å². The Bertz CT molecular complexity index is 1310. The van der Waals surface area contributed by atoms with Crippen LogP contribution in [0.2, 0.25) is 0 Å². The maximum Gasteiger partial charge on any atom is 0.250 e. The van der Waals surface area contributed by atoms with Crippen LogP contribution in [0.15, 0.2) is 33.7 Å². The molecule has 2 aromatic heterocycles. The quantitative estimate of drug-likeness (QED) is 0.266. The van der Waals surface area contributed by atoms with E-state index in [4.69, 9.17) is 14.2 Å². The van der Waals surface area contributed by atoms with Gasteiger partial charge in [-0.3, -0.25) is 13.9 Å². The lowest BCUT2D eigenvalue weighted by molar-refractivity contribution is -0.118. The number of hydrogen-bond acceptors (Lipinski definition) is 7. The highest BCUT2D eigenvalue weighted by Gasteiger charge is 2.43. The highest BCUT2D eigenvalue weighted by molar-refractivity contribution is 8.26. The number of nitrogens with one attached hydrogen (secondary N) is 1. The minimum absolute atomic E-state index is 0.0638. The molecule has 1 aliphatic carbocycles. The molecule has 0 aliphatic heterocycles. The average molecular weight is 547 g/mol. The van der Waals surface area contributed by atoms with Gasteiger partial charge in [-0.1, -0.05) is 39.8 Å². The molecule has 10 heteroatoms. The zero-order valence-corrected chi connectivity index (χ0v) is 24.6. The topological polar surface area (TPSA) is 123 Å². The van der Waals surface area contributed by atoms with Crippen molar-refractivity contribution in [2.45, 2.75) is 89.3 Å². The maximum absolute atomic E-state index is 13.3.